The number of carbonyl (C=O) groups excluding carboxylic acids is 3. The van der Waals surface area contributed by atoms with Crippen molar-refractivity contribution in [2.45, 2.75) is 58.8 Å². The highest BCUT2D eigenvalue weighted by Crippen LogP contribution is 2.26. The fourth-order valence-electron chi connectivity index (χ4n) is 3.59. The van der Waals surface area contributed by atoms with Crippen LogP contribution in [0.4, 0.5) is 0 Å². The van der Waals surface area contributed by atoms with Gasteiger partial charge in [0.1, 0.15) is 11.5 Å². The van der Waals surface area contributed by atoms with Crippen LogP contribution in [0.5, 0.6) is 11.5 Å². The number of unbranched alkanes of at least 4 members (excludes halogenated alkanes) is 1. The molecular weight excluding hydrogens is 500 g/mol. The van der Waals surface area contributed by atoms with Crippen LogP contribution >= 0.6 is 0 Å². The van der Waals surface area contributed by atoms with Gasteiger partial charge in [0.15, 0.2) is 0 Å². The highest BCUT2D eigenvalue weighted by atomic mass is 16.9. The molecule has 0 aliphatic rings. The molecule has 0 aliphatic heterocycles. The second-order valence-corrected chi connectivity index (χ2v) is 8.76. The normalized spacial score (nSPS) is 13.5. The van der Waals surface area contributed by atoms with Crippen LogP contribution in [0.3, 0.4) is 0 Å². The lowest BCUT2D eigenvalue weighted by Crippen LogP contribution is -2.44. The number of rotatable bonds is 15. The van der Waals surface area contributed by atoms with Crippen LogP contribution in [0.15, 0.2) is 60.7 Å². The van der Waals surface area contributed by atoms with E-state index in [1.807, 2.05) is 13.8 Å². The monoisotopic (exact) mass is 538 g/mol. The summed E-state index contributed by atoms with van der Waals surface area (Å²) < 4.78 is 26.9. The molecule has 0 amide bonds. The first-order valence-electron chi connectivity index (χ1n) is 13.1. The van der Waals surface area contributed by atoms with Gasteiger partial charge in [0.05, 0.1) is 26.6 Å². The Balaban J connectivity index is 2.24. The van der Waals surface area contributed by atoms with E-state index in [1.165, 1.54) is 24.3 Å². The summed E-state index contributed by atoms with van der Waals surface area (Å²) in [5.41, 5.74) is 1.44. The molecule has 39 heavy (non-hydrogen) atoms. The molecule has 0 aliphatic carbocycles. The second kappa shape index (κ2) is 16.0. The molecule has 0 aromatic heterocycles. The van der Waals surface area contributed by atoms with Gasteiger partial charge in [-0.1, -0.05) is 57.9 Å². The molecule has 1 atom stereocenters. The molecule has 0 saturated heterocycles. The van der Waals surface area contributed by atoms with Crippen molar-refractivity contribution in [3.8, 4) is 11.5 Å². The molecule has 2 aromatic rings. The minimum atomic E-state index is -2.22. The summed E-state index contributed by atoms with van der Waals surface area (Å²) in [5.74, 6) is -3.56. The maximum absolute atomic E-state index is 13.0. The van der Waals surface area contributed by atoms with Crippen molar-refractivity contribution in [2.24, 2.45) is 5.92 Å². The van der Waals surface area contributed by atoms with Crippen LogP contribution in [0.1, 0.15) is 64.0 Å². The molecule has 8 heteroatoms. The Labute approximate surface area is 230 Å². The smallest absolute Gasteiger partial charge is 0.423 e. The first-order valence-corrected chi connectivity index (χ1v) is 13.1. The second-order valence-electron chi connectivity index (χ2n) is 8.76. The summed E-state index contributed by atoms with van der Waals surface area (Å²) in [7, 11) is 3.12. The third kappa shape index (κ3) is 10.3. The van der Waals surface area contributed by atoms with Crippen LogP contribution in [0.2, 0.25) is 0 Å². The number of benzene rings is 2. The largest absolute Gasteiger partial charge is 0.497 e. The Kier molecular flexibility index (Phi) is 12.8. The fraction of sp³-hybridized carbons (Fsp3) is 0.387. The highest BCUT2D eigenvalue weighted by Gasteiger charge is 2.42. The zero-order chi connectivity index (χ0) is 28.7. The van der Waals surface area contributed by atoms with Gasteiger partial charge in [-0.15, -0.1) is 0 Å². The van der Waals surface area contributed by atoms with Crippen molar-refractivity contribution in [2.75, 3.05) is 14.2 Å². The van der Waals surface area contributed by atoms with Gasteiger partial charge in [0.2, 0.25) is 0 Å². The van der Waals surface area contributed by atoms with Crippen molar-refractivity contribution < 1.29 is 38.1 Å². The quantitative estimate of drug-likeness (QED) is 0.147. The van der Waals surface area contributed by atoms with E-state index >= 15 is 0 Å². The van der Waals surface area contributed by atoms with E-state index < -0.39 is 29.8 Å². The van der Waals surface area contributed by atoms with E-state index in [4.69, 9.17) is 23.7 Å². The summed E-state index contributed by atoms with van der Waals surface area (Å²) in [4.78, 5) is 38.6. The van der Waals surface area contributed by atoms with Crippen molar-refractivity contribution in [1.82, 2.24) is 0 Å². The SMILES string of the molecule is CCCCC(CC)C(=O)OC(CC)(OC(=O)C=Cc1ccc(OC)cc1)OC(=O)C=Cc1ccc(OC)cc1. The Morgan fingerprint density at radius 2 is 1.21 bits per heavy atom. The summed E-state index contributed by atoms with van der Waals surface area (Å²) in [6.07, 6.45) is 8.22. The van der Waals surface area contributed by atoms with Gasteiger partial charge in [0.25, 0.3) is 0 Å². The molecule has 0 radical (unpaired) electrons. The molecule has 0 spiro atoms. The van der Waals surface area contributed by atoms with Gasteiger partial charge in [-0.2, -0.15) is 0 Å². The maximum Gasteiger partial charge on any atom is 0.423 e. The lowest BCUT2D eigenvalue weighted by Gasteiger charge is -2.31. The molecule has 0 saturated carbocycles. The Morgan fingerprint density at radius 3 is 1.56 bits per heavy atom. The first-order chi connectivity index (χ1) is 18.8. The molecule has 1 unspecified atom stereocenters. The summed E-state index contributed by atoms with van der Waals surface area (Å²) >= 11 is 0. The maximum atomic E-state index is 13.0. The van der Waals surface area contributed by atoms with Crippen LogP contribution < -0.4 is 9.47 Å². The molecule has 0 N–H and O–H groups in total. The van der Waals surface area contributed by atoms with Crippen molar-refractivity contribution in [3.63, 3.8) is 0 Å². The fourth-order valence-corrected chi connectivity index (χ4v) is 3.59. The number of esters is 3. The minimum Gasteiger partial charge on any atom is -0.497 e. The van der Waals surface area contributed by atoms with Crippen LogP contribution in [-0.4, -0.2) is 38.1 Å². The van der Waals surface area contributed by atoms with E-state index in [1.54, 1.807) is 69.7 Å². The summed E-state index contributed by atoms with van der Waals surface area (Å²) in [5, 5.41) is 0. The predicted octanol–water partition coefficient (Wildman–Crippen LogP) is 6.34. The molecule has 8 nitrogen and oxygen atoms in total. The van der Waals surface area contributed by atoms with Crippen molar-refractivity contribution in [3.05, 3.63) is 71.8 Å². The highest BCUT2D eigenvalue weighted by molar-refractivity contribution is 5.89. The Morgan fingerprint density at radius 1 is 0.744 bits per heavy atom. The number of ether oxygens (including phenoxy) is 5. The van der Waals surface area contributed by atoms with Crippen LogP contribution in [-0.2, 0) is 28.6 Å². The first kappa shape index (κ1) is 31.1. The van der Waals surface area contributed by atoms with Crippen molar-refractivity contribution >= 4 is 30.1 Å². The number of hydrogen-bond donors (Lipinski definition) is 0. The molecular formula is C31H38O8. The Bertz CT molecular complexity index is 1040. The van der Waals surface area contributed by atoms with Gasteiger partial charge in [-0.25, -0.2) is 9.59 Å². The predicted molar refractivity (Wildman–Crippen MR) is 149 cm³/mol. The third-order valence-electron chi connectivity index (χ3n) is 5.99. The molecule has 0 bridgehead atoms. The van der Waals surface area contributed by atoms with Crippen LogP contribution in [0.25, 0.3) is 12.2 Å². The van der Waals surface area contributed by atoms with Gasteiger partial charge in [0, 0.05) is 12.2 Å². The Hall–Kier alpha value is -4.07. The topological polar surface area (TPSA) is 97.4 Å². The standard InChI is InChI=1S/C31H38O8/c1-6-9-10-25(7-2)30(34)39-31(8-3,37-28(32)21-15-23-11-17-26(35-4)18-12-23)38-29(33)22-16-24-13-19-27(36-5)20-14-24/h11-22,25H,6-10H2,1-5H3. The number of hydrogen-bond acceptors (Lipinski definition) is 8. The zero-order valence-corrected chi connectivity index (χ0v) is 23.3. The average molecular weight is 539 g/mol. The lowest BCUT2D eigenvalue weighted by atomic mass is 10.00. The van der Waals surface area contributed by atoms with Gasteiger partial charge < -0.3 is 23.7 Å². The van der Waals surface area contributed by atoms with Crippen molar-refractivity contribution in [1.29, 1.82) is 0 Å². The van der Waals surface area contributed by atoms with Crippen LogP contribution in [0, 0.1) is 5.92 Å². The molecule has 0 fully saturated rings. The van der Waals surface area contributed by atoms with E-state index in [9.17, 15) is 14.4 Å². The van der Waals surface area contributed by atoms with Gasteiger partial charge in [-0.05, 0) is 60.4 Å². The zero-order valence-electron chi connectivity index (χ0n) is 23.3. The molecule has 2 aromatic carbocycles. The average Bonchev–Trinajstić information content (AvgIpc) is 2.95. The molecule has 0 heterocycles. The summed E-state index contributed by atoms with van der Waals surface area (Å²) in [6, 6.07) is 14.1. The third-order valence-corrected chi connectivity index (χ3v) is 5.99. The van der Waals surface area contributed by atoms with E-state index in [2.05, 4.69) is 0 Å². The molecule has 210 valence electrons. The van der Waals surface area contributed by atoms with Gasteiger partial charge >= 0.3 is 23.9 Å². The lowest BCUT2D eigenvalue weighted by molar-refractivity contribution is -0.328. The van der Waals surface area contributed by atoms with E-state index in [0.717, 1.165) is 24.0 Å². The number of methoxy groups -OCH3 is 2. The van der Waals surface area contributed by atoms with E-state index in [-0.39, 0.29) is 6.42 Å². The van der Waals surface area contributed by atoms with E-state index in [0.29, 0.717) is 24.3 Å². The minimum absolute atomic E-state index is 0.104. The summed E-state index contributed by atoms with van der Waals surface area (Å²) in [6.45, 7) is 5.51. The van der Waals surface area contributed by atoms with Gasteiger partial charge in [-0.3, -0.25) is 4.79 Å². The number of carbonyl (C=O) groups is 3. The molecule has 2 rings (SSSR count).